The van der Waals surface area contributed by atoms with Crippen LogP contribution in [0.4, 0.5) is 0 Å². The molecule has 0 spiro atoms. The van der Waals surface area contributed by atoms with Gasteiger partial charge in [-0.15, -0.1) is 10.2 Å². The molecular formula is C14H16BrN3O2S. The lowest BCUT2D eigenvalue weighted by molar-refractivity contribution is -0.119. The van der Waals surface area contributed by atoms with Crippen LogP contribution in [0.3, 0.4) is 0 Å². The quantitative estimate of drug-likeness (QED) is 0.789. The van der Waals surface area contributed by atoms with Crippen molar-refractivity contribution in [2.75, 3.05) is 5.75 Å². The molecule has 0 fully saturated rings. The number of thioether (sulfide) groups is 1. The van der Waals surface area contributed by atoms with E-state index in [1.165, 1.54) is 11.8 Å². The van der Waals surface area contributed by atoms with Crippen LogP contribution in [0.2, 0.25) is 0 Å². The van der Waals surface area contributed by atoms with Crippen LogP contribution in [0.1, 0.15) is 20.3 Å². The normalized spacial score (nSPS) is 12.1. The van der Waals surface area contributed by atoms with Gasteiger partial charge in [-0.1, -0.05) is 40.7 Å². The van der Waals surface area contributed by atoms with Crippen molar-refractivity contribution in [3.05, 3.63) is 28.7 Å². The van der Waals surface area contributed by atoms with Crippen molar-refractivity contribution in [1.82, 2.24) is 15.5 Å². The van der Waals surface area contributed by atoms with E-state index in [2.05, 4.69) is 31.4 Å². The molecule has 0 saturated heterocycles. The zero-order valence-corrected chi connectivity index (χ0v) is 14.2. The van der Waals surface area contributed by atoms with Crippen molar-refractivity contribution < 1.29 is 9.21 Å². The van der Waals surface area contributed by atoms with Gasteiger partial charge in [0.25, 0.3) is 5.22 Å². The van der Waals surface area contributed by atoms with Gasteiger partial charge in [0.2, 0.25) is 11.8 Å². The molecule has 5 nitrogen and oxygen atoms in total. The molecule has 2 rings (SSSR count). The van der Waals surface area contributed by atoms with Gasteiger partial charge >= 0.3 is 0 Å². The summed E-state index contributed by atoms with van der Waals surface area (Å²) < 4.78 is 6.49. The summed E-state index contributed by atoms with van der Waals surface area (Å²) in [4.78, 5) is 11.7. The number of carbonyl (C=O) groups excluding carboxylic acids is 1. The fourth-order valence-corrected chi connectivity index (χ4v) is 2.53. The van der Waals surface area contributed by atoms with Crippen LogP contribution in [0.25, 0.3) is 11.5 Å². The molecule has 1 heterocycles. The van der Waals surface area contributed by atoms with E-state index in [0.29, 0.717) is 11.1 Å². The standard InChI is InChI=1S/C14H16BrN3O2S/c1-3-9(2)16-12(19)8-21-14-18-17-13(20-14)10-5-4-6-11(15)7-10/h4-7,9H,3,8H2,1-2H3,(H,16,19)/t9-/m0/s1. The Bertz CT molecular complexity index is 618. The first kappa shape index (κ1) is 16.0. The summed E-state index contributed by atoms with van der Waals surface area (Å²) in [5, 5.41) is 11.2. The molecule has 1 aromatic carbocycles. The van der Waals surface area contributed by atoms with Crippen LogP contribution in [-0.2, 0) is 4.79 Å². The molecule has 112 valence electrons. The minimum absolute atomic E-state index is 0.0310. The lowest BCUT2D eigenvalue weighted by Crippen LogP contribution is -2.33. The first-order chi connectivity index (χ1) is 10.1. The number of nitrogens with zero attached hydrogens (tertiary/aromatic N) is 2. The highest BCUT2D eigenvalue weighted by atomic mass is 79.9. The Balaban J connectivity index is 1.93. The second-order valence-corrected chi connectivity index (χ2v) is 6.39. The molecule has 1 N–H and O–H groups in total. The van der Waals surface area contributed by atoms with Crippen LogP contribution in [0.5, 0.6) is 0 Å². The summed E-state index contributed by atoms with van der Waals surface area (Å²) in [5.41, 5.74) is 0.841. The molecule has 0 aliphatic heterocycles. The Hall–Kier alpha value is -1.34. The van der Waals surface area contributed by atoms with Crippen LogP contribution < -0.4 is 5.32 Å². The predicted molar refractivity (Wildman–Crippen MR) is 86.1 cm³/mol. The fraction of sp³-hybridized carbons (Fsp3) is 0.357. The molecule has 1 atom stereocenters. The molecule has 21 heavy (non-hydrogen) atoms. The second kappa shape index (κ2) is 7.61. The highest BCUT2D eigenvalue weighted by Gasteiger charge is 2.12. The summed E-state index contributed by atoms with van der Waals surface area (Å²) in [7, 11) is 0. The van der Waals surface area contributed by atoms with Crippen molar-refractivity contribution in [1.29, 1.82) is 0 Å². The number of halogens is 1. The van der Waals surface area contributed by atoms with E-state index in [0.717, 1.165) is 16.5 Å². The van der Waals surface area contributed by atoms with Crippen molar-refractivity contribution in [2.24, 2.45) is 0 Å². The minimum Gasteiger partial charge on any atom is -0.411 e. The Morgan fingerprint density at radius 2 is 2.29 bits per heavy atom. The number of hydrogen-bond donors (Lipinski definition) is 1. The lowest BCUT2D eigenvalue weighted by Gasteiger charge is -2.09. The summed E-state index contributed by atoms with van der Waals surface area (Å²) in [5.74, 6) is 0.683. The van der Waals surface area contributed by atoms with E-state index in [1.807, 2.05) is 38.1 Å². The molecule has 0 aliphatic carbocycles. The van der Waals surface area contributed by atoms with Crippen molar-refractivity contribution in [3.63, 3.8) is 0 Å². The van der Waals surface area contributed by atoms with E-state index in [-0.39, 0.29) is 17.7 Å². The van der Waals surface area contributed by atoms with Gasteiger partial charge in [-0.3, -0.25) is 4.79 Å². The summed E-state index contributed by atoms with van der Waals surface area (Å²) in [6.45, 7) is 4.00. The first-order valence-corrected chi connectivity index (χ1v) is 8.38. The zero-order chi connectivity index (χ0) is 15.2. The number of carbonyl (C=O) groups is 1. The van der Waals surface area contributed by atoms with Gasteiger partial charge in [-0.25, -0.2) is 0 Å². The molecule has 1 aromatic heterocycles. The van der Waals surface area contributed by atoms with E-state index in [9.17, 15) is 4.79 Å². The molecule has 0 bridgehead atoms. The Kier molecular flexibility index (Phi) is 5.81. The van der Waals surface area contributed by atoms with E-state index < -0.39 is 0 Å². The van der Waals surface area contributed by atoms with Crippen molar-refractivity contribution in [3.8, 4) is 11.5 Å². The van der Waals surface area contributed by atoms with Crippen molar-refractivity contribution >= 4 is 33.6 Å². The number of aromatic nitrogens is 2. The monoisotopic (exact) mass is 369 g/mol. The Labute approximate surface area is 136 Å². The second-order valence-electron chi connectivity index (χ2n) is 4.55. The lowest BCUT2D eigenvalue weighted by atomic mass is 10.2. The maximum atomic E-state index is 11.7. The molecule has 1 amide bonds. The number of benzene rings is 1. The third-order valence-electron chi connectivity index (χ3n) is 2.82. The molecule has 0 saturated carbocycles. The molecular weight excluding hydrogens is 354 g/mol. The third kappa shape index (κ3) is 4.86. The average molecular weight is 370 g/mol. The van der Waals surface area contributed by atoms with Crippen LogP contribution >= 0.6 is 27.7 Å². The number of hydrogen-bond acceptors (Lipinski definition) is 5. The van der Waals surface area contributed by atoms with Crippen LogP contribution in [0, 0.1) is 0 Å². The van der Waals surface area contributed by atoms with Crippen molar-refractivity contribution in [2.45, 2.75) is 31.5 Å². The predicted octanol–water partition coefficient (Wildman–Crippen LogP) is 3.51. The van der Waals surface area contributed by atoms with Crippen LogP contribution in [-0.4, -0.2) is 27.9 Å². The molecule has 7 heteroatoms. The molecule has 2 aromatic rings. The summed E-state index contributed by atoms with van der Waals surface area (Å²) in [6.07, 6.45) is 0.907. The molecule has 0 radical (unpaired) electrons. The third-order valence-corrected chi connectivity index (χ3v) is 4.14. The highest BCUT2D eigenvalue weighted by molar-refractivity contribution is 9.10. The summed E-state index contributed by atoms with van der Waals surface area (Å²) in [6, 6.07) is 7.79. The smallest absolute Gasteiger partial charge is 0.277 e. The van der Waals surface area contributed by atoms with E-state index in [4.69, 9.17) is 4.42 Å². The minimum atomic E-state index is -0.0310. The van der Waals surface area contributed by atoms with E-state index >= 15 is 0 Å². The van der Waals surface area contributed by atoms with Gasteiger partial charge in [0.05, 0.1) is 5.75 Å². The average Bonchev–Trinajstić information content (AvgIpc) is 2.94. The van der Waals surface area contributed by atoms with Gasteiger partial charge in [0.1, 0.15) is 0 Å². The van der Waals surface area contributed by atoms with Crippen LogP contribution in [0.15, 0.2) is 38.4 Å². The number of nitrogens with one attached hydrogen (secondary N) is 1. The SMILES string of the molecule is CC[C@H](C)NC(=O)CSc1nnc(-c2cccc(Br)c2)o1. The maximum Gasteiger partial charge on any atom is 0.277 e. The topological polar surface area (TPSA) is 68.0 Å². The van der Waals surface area contributed by atoms with Gasteiger partial charge in [0, 0.05) is 16.1 Å². The van der Waals surface area contributed by atoms with Gasteiger partial charge in [-0.2, -0.15) is 0 Å². The van der Waals surface area contributed by atoms with E-state index in [1.54, 1.807) is 0 Å². The number of amides is 1. The van der Waals surface area contributed by atoms with Gasteiger partial charge < -0.3 is 9.73 Å². The Morgan fingerprint density at radius 1 is 1.48 bits per heavy atom. The molecule has 0 unspecified atom stereocenters. The zero-order valence-electron chi connectivity index (χ0n) is 11.8. The number of rotatable bonds is 6. The molecule has 0 aliphatic rings. The summed E-state index contributed by atoms with van der Waals surface area (Å²) >= 11 is 4.63. The first-order valence-electron chi connectivity index (χ1n) is 6.60. The maximum absolute atomic E-state index is 11.7. The highest BCUT2D eigenvalue weighted by Crippen LogP contribution is 2.25. The van der Waals surface area contributed by atoms with Gasteiger partial charge in [0.15, 0.2) is 0 Å². The Morgan fingerprint density at radius 3 is 3.00 bits per heavy atom. The van der Waals surface area contributed by atoms with Gasteiger partial charge in [-0.05, 0) is 31.5 Å². The largest absolute Gasteiger partial charge is 0.411 e. The fourth-order valence-electron chi connectivity index (χ4n) is 1.55.